The molecule has 1 atom stereocenters. The monoisotopic (exact) mass is 482 g/mol. The summed E-state index contributed by atoms with van der Waals surface area (Å²) in [6, 6.07) is 1.66. The first-order chi connectivity index (χ1) is 16.1. The Morgan fingerprint density at radius 1 is 1.24 bits per heavy atom. The summed E-state index contributed by atoms with van der Waals surface area (Å²) in [5.41, 5.74) is 5.41. The molecule has 10 nitrogen and oxygen atoms in total. The lowest BCUT2D eigenvalue weighted by Gasteiger charge is -2.20. The molecule has 0 spiro atoms. The van der Waals surface area contributed by atoms with Gasteiger partial charge in [0.1, 0.15) is 12.0 Å². The molecule has 0 bridgehead atoms. The molecule has 0 saturated carbocycles. The molecule has 0 fully saturated rings. The molecule has 2 aromatic rings. The van der Waals surface area contributed by atoms with E-state index in [9.17, 15) is 27.2 Å². The highest BCUT2D eigenvalue weighted by Gasteiger charge is 2.30. The molecule has 14 heteroatoms. The van der Waals surface area contributed by atoms with E-state index in [0.717, 1.165) is 18.3 Å². The average molecular weight is 482 g/mol. The molecule has 0 radical (unpaired) electrons. The first kappa shape index (κ1) is 24.7. The van der Waals surface area contributed by atoms with Crippen LogP contribution >= 0.6 is 0 Å². The Morgan fingerprint density at radius 3 is 2.71 bits per heavy atom. The van der Waals surface area contributed by atoms with Crippen LogP contribution in [0.2, 0.25) is 0 Å². The number of allylic oxidation sites excluding steroid dienone is 3. The Hall–Kier alpha value is -3.97. The molecule has 1 aliphatic heterocycles. The van der Waals surface area contributed by atoms with Crippen LogP contribution in [-0.2, 0) is 23.9 Å². The molecule has 182 valence electrons. The summed E-state index contributed by atoms with van der Waals surface area (Å²) in [7, 11) is 1.46. The Kier molecular flexibility index (Phi) is 7.81. The summed E-state index contributed by atoms with van der Waals surface area (Å²) < 4.78 is 53.9. The number of carbonyl (C=O) groups excluding carboxylic acids is 2. The number of hydrogen-bond acceptors (Lipinski definition) is 7. The van der Waals surface area contributed by atoms with Crippen LogP contribution in [0.25, 0.3) is 0 Å². The maximum Gasteiger partial charge on any atom is 0.416 e. The van der Waals surface area contributed by atoms with Gasteiger partial charge in [-0.05, 0) is 37.1 Å². The summed E-state index contributed by atoms with van der Waals surface area (Å²) in [5, 5.41) is 12.3. The fourth-order valence-corrected chi connectivity index (χ4v) is 2.97. The van der Waals surface area contributed by atoms with E-state index in [1.165, 1.54) is 17.9 Å². The zero-order valence-electron chi connectivity index (χ0n) is 18.0. The van der Waals surface area contributed by atoms with Gasteiger partial charge >= 0.3 is 6.18 Å². The van der Waals surface area contributed by atoms with Crippen molar-refractivity contribution in [3.05, 3.63) is 65.1 Å². The highest BCUT2D eigenvalue weighted by Crippen LogP contribution is 2.29. The number of pyridine rings is 1. The van der Waals surface area contributed by atoms with Crippen LogP contribution in [0.15, 0.2) is 48.2 Å². The van der Waals surface area contributed by atoms with Gasteiger partial charge in [0.2, 0.25) is 5.91 Å². The van der Waals surface area contributed by atoms with Gasteiger partial charge < -0.3 is 16.1 Å². The van der Waals surface area contributed by atoms with Gasteiger partial charge in [-0.1, -0.05) is 5.21 Å². The first-order valence-electron chi connectivity index (χ1n) is 10.1. The van der Waals surface area contributed by atoms with Gasteiger partial charge in [0.25, 0.3) is 5.91 Å². The van der Waals surface area contributed by atoms with E-state index >= 15 is 0 Å². The van der Waals surface area contributed by atoms with Crippen LogP contribution in [0.1, 0.15) is 34.6 Å². The number of alkyl halides is 4. The van der Waals surface area contributed by atoms with Crippen LogP contribution in [-0.4, -0.2) is 45.0 Å². The maximum absolute atomic E-state index is 14.3. The third kappa shape index (κ3) is 7.02. The van der Waals surface area contributed by atoms with Gasteiger partial charge in [-0.2, -0.15) is 13.2 Å². The SMILES string of the molecule is CNC(=O)c1cn(C[C@H](F)CCC2=CC=C(NC(=O)Cc3cc(C(F)(F)F)ccn3)NN2)nn1. The Balaban J connectivity index is 1.45. The molecular weight excluding hydrogens is 460 g/mol. The molecule has 3 rings (SSSR count). The van der Waals surface area contributed by atoms with Crippen LogP contribution in [0.4, 0.5) is 17.6 Å². The number of halogens is 4. The molecule has 34 heavy (non-hydrogen) atoms. The highest BCUT2D eigenvalue weighted by atomic mass is 19.4. The van der Waals surface area contributed by atoms with E-state index in [1.54, 1.807) is 12.2 Å². The Morgan fingerprint density at radius 2 is 2.03 bits per heavy atom. The second-order valence-corrected chi connectivity index (χ2v) is 7.32. The molecule has 1 aliphatic rings. The molecule has 3 heterocycles. The third-order valence-corrected chi connectivity index (χ3v) is 4.68. The third-order valence-electron chi connectivity index (χ3n) is 4.68. The van der Waals surface area contributed by atoms with Crippen LogP contribution in [0, 0.1) is 0 Å². The minimum atomic E-state index is -4.52. The van der Waals surface area contributed by atoms with E-state index < -0.39 is 29.7 Å². The molecule has 2 amide bonds. The van der Waals surface area contributed by atoms with Crippen molar-refractivity contribution >= 4 is 11.8 Å². The lowest BCUT2D eigenvalue weighted by Crippen LogP contribution is -2.41. The largest absolute Gasteiger partial charge is 0.416 e. The van der Waals surface area contributed by atoms with E-state index in [4.69, 9.17) is 0 Å². The van der Waals surface area contributed by atoms with Crippen molar-refractivity contribution in [1.82, 2.24) is 41.5 Å². The predicted molar refractivity (Wildman–Crippen MR) is 111 cm³/mol. The molecule has 0 aromatic carbocycles. The van der Waals surface area contributed by atoms with E-state index in [1.807, 2.05) is 0 Å². The predicted octanol–water partition coefficient (Wildman–Crippen LogP) is 1.36. The summed E-state index contributed by atoms with van der Waals surface area (Å²) >= 11 is 0. The van der Waals surface area contributed by atoms with Crippen molar-refractivity contribution in [2.75, 3.05) is 7.05 Å². The molecule has 0 unspecified atom stereocenters. The minimum absolute atomic E-state index is 0.0169. The number of hydrogen-bond donors (Lipinski definition) is 4. The standard InChI is InChI=1S/C20H22F4N8O2/c1-25-19(34)16-11-32(31-29-16)10-13(21)2-3-14-4-5-17(30-28-14)27-18(33)9-15-8-12(6-7-26-15)20(22,23)24/h4-8,11,13,28,30H,2-3,9-10H2,1H3,(H,25,34)(H,27,33)/t13-/m1/s1. The van der Waals surface area contributed by atoms with Gasteiger partial charge in [0.15, 0.2) is 5.69 Å². The zero-order chi connectivity index (χ0) is 24.7. The maximum atomic E-state index is 14.3. The number of rotatable bonds is 9. The van der Waals surface area contributed by atoms with Crippen molar-refractivity contribution in [1.29, 1.82) is 0 Å². The van der Waals surface area contributed by atoms with Gasteiger partial charge in [-0.25, -0.2) is 9.07 Å². The topological polar surface area (TPSA) is 126 Å². The minimum Gasteiger partial charge on any atom is -0.354 e. The zero-order valence-corrected chi connectivity index (χ0v) is 18.0. The normalized spacial score (nSPS) is 14.3. The number of hydrazine groups is 1. The van der Waals surface area contributed by atoms with E-state index in [-0.39, 0.29) is 36.6 Å². The molecule has 2 aromatic heterocycles. The quantitative estimate of drug-likeness (QED) is 0.398. The summed E-state index contributed by atoms with van der Waals surface area (Å²) in [4.78, 5) is 27.4. The van der Waals surface area contributed by atoms with Gasteiger partial charge in [0, 0.05) is 18.9 Å². The summed E-state index contributed by atoms with van der Waals surface area (Å²) in [6.07, 6.45) is -0.0537. The summed E-state index contributed by atoms with van der Waals surface area (Å²) in [6.45, 7) is -0.0641. The van der Waals surface area contributed by atoms with Crippen molar-refractivity contribution in [2.45, 2.75) is 38.2 Å². The number of aromatic nitrogens is 4. The van der Waals surface area contributed by atoms with Gasteiger partial charge in [-0.15, -0.1) is 5.10 Å². The van der Waals surface area contributed by atoms with Crippen molar-refractivity contribution in [3.63, 3.8) is 0 Å². The first-order valence-corrected chi connectivity index (χ1v) is 10.1. The van der Waals surface area contributed by atoms with Gasteiger partial charge in [-0.3, -0.25) is 20.0 Å². The van der Waals surface area contributed by atoms with Crippen LogP contribution < -0.4 is 21.5 Å². The molecule has 4 N–H and O–H groups in total. The molecular formula is C20H22F4N8O2. The fourth-order valence-electron chi connectivity index (χ4n) is 2.97. The second-order valence-electron chi connectivity index (χ2n) is 7.32. The molecule has 0 saturated heterocycles. The van der Waals surface area contributed by atoms with Crippen molar-refractivity contribution in [2.24, 2.45) is 0 Å². The second kappa shape index (κ2) is 10.8. The summed E-state index contributed by atoms with van der Waals surface area (Å²) in [5.74, 6) is -0.691. The molecule has 0 aliphatic carbocycles. The van der Waals surface area contributed by atoms with Crippen molar-refractivity contribution in [3.8, 4) is 0 Å². The van der Waals surface area contributed by atoms with E-state index in [2.05, 4.69) is 36.8 Å². The Labute approximate surface area is 191 Å². The van der Waals surface area contributed by atoms with Crippen molar-refractivity contribution < 1.29 is 27.2 Å². The Bertz CT molecular complexity index is 1100. The van der Waals surface area contributed by atoms with Crippen LogP contribution in [0.3, 0.4) is 0 Å². The number of nitrogens with zero attached hydrogens (tertiary/aromatic N) is 4. The number of nitrogens with one attached hydrogen (secondary N) is 4. The lowest BCUT2D eigenvalue weighted by molar-refractivity contribution is -0.137. The van der Waals surface area contributed by atoms with Gasteiger partial charge in [0.05, 0.1) is 30.4 Å². The fraction of sp³-hybridized carbons (Fsp3) is 0.350. The average Bonchev–Trinajstić information content (AvgIpc) is 3.26. The smallest absolute Gasteiger partial charge is 0.354 e. The number of carbonyl (C=O) groups is 2. The highest BCUT2D eigenvalue weighted by molar-refractivity contribution is 5.91. The van der Waals surface area contributed by atoms with Crippen LogP contribution in [0.5, 0.6) is 0 Å². The lowest BCUT2D eigenvalue weighted by atomic mass is 10.1. The number of amides is 2. The van der Waals surface area contributed by atoms with E-state index in [0.29, 0.717) is 12.1 Å².